The maximum atomic E-state index is 12.6. The van der Waals surface area contributed by atoms with Crippen molar-refractivity contribution in [3.05, 3.63) is 60.3 Å². The van der Waals surface area contributed by atoms with Gasteiger partial charge in [0.1, 0.15) is 0 Å². The highest BCUT2D eigenvalue weighted by Crippen LogP contribution is 2.31. The molecular weight excluding hydrogens is 393 g/mol. The summed E-state index contributed by atoms with van der Waals surface area (Å²) in [5, 5.41) is 2.81. The fourth-order valence-electron chi connectivity index (χ4n) is 2.43. The van der Waals surface area contributed by atoms with Gasteiger partial charge in [0.15, 0.2) is 9.84 Å². The molecule has 0 spiro atoms. The van der Waals surface area contributed by atoms with Gasteiger partial charge in [-0.25, -0.2) is 18.4 Å². The fourth-order valence-corrected chi connectivity index (χ4v) is 3.08. The summed E-state index contributed by atoms with van der Waals surface area (Å²) in [4.78, 5) is 8.39. The molecule has 0 saturated heterocycles. The van der Waals surface area contributed by atoms with E-state index in [4.69, 9.17) is 5.73 Å². The van der Waals surface area contributed by atoms with Crippen LogP contribution >= 0.6 is 0 Å². The highest BCUT2D eigenvalue weighted by Gasteiger charge is 2.29. The van der Waals surface area contributed by atoms with Gasteiger partial charge in [0, 0.05) is 29.4 Å². The Balaban J connectivity index is 1.91. The third kappa shape index (κ3) is 4.39. The molecule has 2 aromatic carbocycles. The molecule has 0 saturated carbocycles. The van der Waals surface area contributed by atoms with Crippen molar-refractivity contribution in [3.63, 3.8) is 0 Å². The van der Waals surface area contributed by atoms with Crippen molar-refractivity contribution in [3.8, 4) is 11.3 Å². The van der Waals surface area contributed by atoms with E-state index in [-0.39, 0.29) is 10.8 Å². The molecule has 3 N–H and O–H groups in total. The second-order valence-corrected chi connectivity index (χ2v) is 8.00. The van der Waals surface area contributed by atoms with E-state index in [0.717, 1.165) is 18.4 Å². The normalized spacial score (nSPS) is 12.0. The van der Waals surface area contributed by atoms with Gasteiger partial charge in [-0.3, -0.25) is 0 Å². The van der Waals surface area contributed by atoms with Crippen LogP contribution in [0.1, 0.15) is 5.56 Å². The number of halogens is 3. The van der Waals surface area contributed by atoms with Crippen LogP contribution in [0.5, 0.6) is 0 Å². The minimum atomic E-state index is -4.42. The van der Waals surface area contributed by atoms with Crippen molar-refractivity contribution < 1.29 is 21.6 Å². The van der Waals surface area contributed by atoms with Crippen molar-refractivity contribution in [2.24, 2.45) is 0 Å². The van der Waals surface area contributed by atoms with Crippen molar-refractivity contribution in [2.75, 3.05) is 17.3 Å². The molecule has 1 aromatic heterocycles. The number of nitrogens with zero attached hydrogens (tertiary/aromatic N) is 2. The first kappa shape index (κ1) is 19.6. The number of rotatable bonds is 4. The maximum absolute atomic E-state index is 12.6. The van der Waals surface area contributed by atoms with Crippen LogP contribution in [0.15, 0.2) is 59.6 Å². The van der Waals surface area contributed by atoms with Crippen molar-refractivity contribution in [1.29, 1.82) is 0 Å². The Hall–Kier alpha value is -3.14. The summed E-state index contributed by atoms with van der Waals surface area (Å²) in [7, 11) is -3.43. The Kier molecular flexibility index (Phi) is 4.99. The van der Waals surface area contributed by atoms with E-state index in [1.807, 2.05) is 0 Å². The fraction of sp³-hybridized carbons (Fsp3) is 0.111. The molecule has 6 nitrogen and oxygen atoms in total. The first-order valence-electron chi connectivity index (χ1n) is 7.91. The van der Waals surface area contributed by atoms with E-state index in [2.05, 4.69) is 15.3 Å². The predicted octanol–water partition coefficient (Wildman–Crippen LogP) is 3.89. The van der Waals surface area contributed by atoms with Crippen LogP contribution in [0, 0.1) is 0 Å². The average molecular weight is 408 g/mol. The average Bonchev–Trinajstić information content (AvgIpc) is 2.61. The molecule has 28 heavy (non-hydrogen) atoms. The lowest BCUT2D eigenvalue weighted by Crippen LogP contribution is -2.05. The van der Waals surface area contributed by atoms with Crippen LogP contribution in [0.3, 0.4) is 0 Å². The molecular formula is C18H15F3N4O2S. The molecule has 0 atom stereocenters. The lowest BCUT2D eigenvalue weighted by molar-refractivity contribution is -0.137. The van der Waals surface area contributed by atoms with Crippen LogP contribution in [0.4, 0.5) is 30.5 Å². The monoisotopic (exact) mass is 408 g/mol. The molecule has 10 heteroatoms. The summed E-state index contributed by atoms with van der Waals surface area (Å²) in [6, 6.07) is 10.2. The molecule has 0 fully saturated rings. The molecule has 146 valence electrons. The predicted molar refractivity (Wildman–Crippen MR) is 99.7 cm³/mol. The summed E-state index contributed by atoms with van der Waals surface area (Å²) in [6.45, 7) is 0. The van der Waals surface area contributed by atoms with Gasteiger partial charge in [-0.1, -0.05) is 0 Å². The highest BCUT2D eigenvalue weighted by molar-refractivity contribution is 7.90. The van der Waals surface area contributed by atoms with E-state index >= 15 is 0 Å². The number of hydrogen-bond acceptors (Lipinski definition) is 6. The molecule has 0 unspecified atom stereocenters. The molecule has 0 radical (unpaired) electrons. The lowest BCUT2D eigenvalue weighted by Gasteiger charge is -2.11. The van der Waals surface area contributed by atoms with Crippen molar-refractivity contribution in [1.82, 2.24) is 9.97 Å². The number of benzene rings is 2. The molecule has 0 aliphatic heterocycles. The second kappa shape index (κ2) is 7.12. The van der Waals surface area contributed by atoms with Crippen LogP contribution in [0.25, 0.3) is 11.3 Å². The summed E-state index contributed by atoms with van der Waals surface area (Å²) in [6.07, 6.45) is -1.90. The minimum Gasteiger partial charge on any atom is -0.398 e. The first-order chi connectivity index (χ1) is 13.0. The molecule has 0 aliphatic rings. The van der Waals surface area contributed by atoms with E-state index in [9.17, 15) is 21.6 Å². The van der Waals surface area contributed by atoms with Gasteiger partial charge in [0.05, 0.1) is 16.2 Å². The van der Waals surface area contributed by atoms with Crippen LogP contribution < -0.4 is 11.1 Å². The van der Waals surface area contributed by atoms with Gasteiger partial charge >= 0.3 is 6.18 Å². The number of nitrogens with two attached hydrogens (primary N) is 1. The standard InChI is InChI=1S/C18H15F3N4O2S/c1-28(26,27)13-6-7-15(22)14(10-13)16-8-9-23-17(25-16)24-12-4-2-11(3-5-12)18(19,20)21/h2-10H,22H2,1H3,(H,23,24,25). The maximum Gasteiger partial charge on any atom is 0.416 e. The Bertz CT molecular complexity index is 1110. The SMILES string of the molecule is CS(=O)(=O)c1ccc(N)c(-c2ccnc(Nc3ccc(C(F)(F)F)cc3)n2)c1. The number of nitrogen functional groups attached to an aromatic ring is 1. The zero-order valence-corrected chi connectivity index (χ0v) is 15.3. The van der Waals surface area contributed by atoms with Gasteiger partial charge in [0.2, 0.25) is 5.95 Å². The number of sulfone groups is 1. The van der Waals surface area contributed by atoms with E-state index in [1.54, 1.807) is 6.07 Å². The summed E-state index contributed by atoms with van der Waals surface area (Å²) >= 11 is 0. The van der Waals surface area contributed by atoms with Crippen LogP contribution in [-0.4, -0.2) is 24.6 Å². The molecule has 3 aromatic rings. The Labute approximate surface area is 159 Å². The third-order valence-electron chi connectivity index (χ3n) is 3.85. The lowest BCUT2D eigenvalue weighted by atomic mass is 10.1. The largest absolute Gasteiger partial charge is 0.416 e. The van der Waals surface area contributed by atoms with E-state index in [1.165, 1.54) is 36.5 Å². The van der Waals surface area contributed by atoms with Gasteiger partial charge < -0.3 is 11.1 Å². The zero-order chi connectivity index (χ0) is 20.5. The first-order valence-corrected chi connectivity index (χ1v) is 9.80. The zero-order valence-electron chi connectivity index (χ0n) is 14.5. The Morgan fingerprint density at radius 1 is 1.04 bits per heavy atom. The van der Waals surface area contributed by atoms with Gasteiger partial charge in [0.25, 0.3) is 0 Å². The third-order valence-corrected chi connectivity index (χ3v) is 4.96. The number of anilines is 3. The van der Waals surface area contributed by atoms with E-state index in [0.29, 0.717) is 22.6 Å². The number of nitrogens with one attached hydrogen (secondary N) is 1. The van der Waals surface area contributed by atoms with Crippen LogP contribution in [-0.2, 0) is 16.0 Å². The van der Waals surface area contributed by atoms with Crippen molar-refractivity contribution >= 4 is 27.2 Å². The summed E-state index contributed by atoms with van der Waals surface area (Å²) in [5.74, 6) is 0.126. The number of alkyl halides is 3. The number of aromatic nitrogens is 2. The summed E-state index contributed by atoms with van der Waals surface area (Å²) in [5.41, 5.74) is 6.64. The molecule has 0 bridgehead atoms. The van der Waals surface area contributed by atoms with Crippen LogP contribution in [0.2, 0.25) is 0 Å². The van der Waals surface area contributed by atoms with Gasteiger partial charge in [-0.05, 0) is 48.5 Å². The smallest absolute Gasteiger partial charge is 0.398 e. The molecule has 0 aliphatic carbocycles. The topological polar surface area (TPSA) is 98.0 Å². The van der Waals surface area contributed by atoms with Crippen molar-refractivity contribution in [2.45, 2.75) is 11.1 Å². The molecule has 1 heterocycles. The minimum absolute atomic E-state index is 0.0903. The van der Waals surface area contributed by atoms with Gasteiger partial charge in [-0.15, -0.1) is 0 Å². The second-order valence-electron chi connectivity index (χ2n) is 5.99. The number of hydrogen-bond donors (Lipinski definition) is 2. The Morgan fingerprint density at radius 3 is 2.32 bits per heavy atom. The van der Waals surface area contributed by atoms with E-state index < -0.39 is 21.6 Å². The molecule has 3 rings (SSSR count). The summed E-state index contributed by atoms with van der Waals surface area (Å²) < 4.78 is 61.5. The van der Waals surface area contributed by atoms with Gasteiger partial charge in [-0.2, -0.15) is 13.2 Å². The molecule has 0 amide bonds. The highest BCUT2D eigenvalue weighted by atomic mass is 32.2. The quantitative estimate of drug-likeness (QED) is 0.636. The Morgan fingerprint density at radius 2 is 1.71 bits per heavy atom.